The molecule has 0 amide bonds. The number of anilines is 2. The number of hydrogen-bond donors (Lipinski definition) is 2. The van der Waals surface area contributed by atoms with Crippen molar-refractivity contribution >= 4 is 11.4 Å². The first kappa shape index (κ1) is 58.7. The van der Waals surface area contributed by atoms with Gasteiger partial charge in [0.2, 0.25) is 5.83 Å². The zero-order valence-electron chi connectivity index (χ0n) is 28.7. The van der Waals surface area contributed by atoms with Crippen molar-refractivity contribution < 1.29 is 168 Å². The highest BCUT2D eigenvalue weighted by Crippen LogP contribution is 2.67. The van der Waals surface area contributed by atoms with Gasteiger partial charge in [0.15, 0.2) is 5.75 Å². The molecule has 0 unspecified atom stereocenters. The molecule has 0 heterocycles. The van der Waals surface area contributed by atoms with Gasteiger partial charge in [-0.3, -0.25) is 0 Å². The van der Waals surface area contributed by atoms with Crippen LogP contribution in [0.1, 0.15) is 5.56 Å². The molecule has 4 N–H and O–H groups in total. The number of allylic oxidation sites excluding steroid dienone is 1. The summed E-state index contributed by atoms with van der Waals surface area (Å²) in [6.45, 7) is -0.408. The molecule has 0 bridgehead atoms. The van der Waals surface area contributed by atoms with Crippen molar-refractivity contribution in [3.63, 3.8) is 0 Å². The summed E-state index contributed by atoms with van der Waals surface area (Å²) in [5.74, 6) is -128. The normalized spacial score (nSPS) is 16.4. The summed E-state index contributed by atoms with van der Waals surface area (Å²) >= 11 is 0. The number of halogens is 36. The smallest absolute Gasteiger partial charge is 0.429 e. The second kappa shape index (κ2) is 15.3. The Hall–Kier alpha value is -4.36. The standard InChI is InChI=1S/C25H8F36N2O2/c1-3-5(64-9(27)8(26)10(28,29)11(30,31)12(32,33)13(34,35)17(42,43)20(48,49)23(54,55)56)2-4(62)6(63)7(3)65-25(60,61)22(52,53)19(46,47)16(40,41)14(36,37)15(38,39)18(44,45)21(50,51)24(57,58)59/h2H,62-63H2,1H3. The largest absolute Gasteiger partial charge is 0.471 e. The van der Waals surface area contributed by atoms with Crippen molar-refractivity contribution in [1.82, 2.24) is 0 Å². The van der Waals surface area contributed by atoms with E-state index in [1.807, 2.05) is 0 Å². The molecule has 0 spiro atoms. The van der Waals surface area contributed by atoms with Crippen LogP contribution in [0.2, 0.25) is 0 Å². The van der Waals surface area contributed by atoms with Crippen LogP contribution in [-0.2, 0) is 0 Å². The lowest BCUT2D eigenvalue weighted by Crippen LogP contribution is -2.76. The van der Waals surface area contributed by atoms with E-state index in [0.29, 0.717) is 0 Å². The third-order valence-corrected chi connectivity index (χ3v) is 7.85. The fourth-order valence-corrected chi connectivity index (χ4v) is 3.92. The second-order valence-corrected chi connectivity index (χ2v) is 12.1. The summed E-state index contributed by atoms with van der Waals surface area (Å²) in [4.78, 5) is 0. The maximum absolute atomic E-state index is 14.5. The van der Waals surface area contributed by atoms with Crippen LogP contribution in [0.25, 0.3) is 0 Å². The lowest BCUT2D eigenvalue weighted by Gasteiger charge is -2.43. The minimum absolute atomic E-state index is 0.408. The molecule has 0 saturated heterocycles. The number of ether oxygens (including phenoxy) is 2. The van der Waals surface area contributed by atoms with Crippen molar-refractivity contribution in [2.75, 3.05) is 11.5 Å². The van der Waals surface area contributed by atoms with Crippen LogP contribution in [-0.4, -0.2) is 95.5 Å². The molecule has 0 aliphatic heterocycles. The molecular weight excluding hydrogens is 1040 g/mol. The van der Waals surface area contributed by atoms with E-state index in [4.69, 9.17) is 11.5 Å². The van der Waals surface area contributed by atoms with E-state index in [9.17, 15) is 158 Å². The topological polar surface area (TPSA) is 70.5 Å². The summed E-state index contributed by atoms with van der Waals surface area (Å²) in [6.07, 6.45) is -24.4. The zero-order valence-corrected chi connectivity index (χ0v) is 28.7. The predicted molar refractivity (Wildman–Crippen MR) is 132 cm³/mol. The second-order valence-electron chi connectivity index (χ2n) is 12.1. The lowest BCUT2D eigenvalue weighted by atomic mass is 9.88. The molecule has 0 atom stereocenters. The van der Waals surface area contributed by atoms with Crippen molar-refractivity contribution in [2.24, 2.45) is 0 Å². The van der Waals surface area contributed by atoms with Crippen LogP contribution in [0.3, 0.4) is 0 Å². The van der Waals surface area contributed by atoms with Crippen molar-refractivity contribution in [3.05, 3.63) is 23.5 Å². The quantitative estimate of drug-likeness (QED) is 0.0927. The van der Waals surface area contributed by atoms with Gasteiger partial charge >= 0.3 is 101 Å². The van der Waals surface area contributed by atoms with Crippen LogP contribution < -0.4 is 20.9 Å². The molecule has 0 aliphatic rings. The Morgan fingerprint density at radius 3 is 0.954 bits per heavy atom. The van der Waals surface area contributed by atoms with Gasteiger partial charge in [0, 0.05) is 11.6 Å². The molecule has 0 fully saturated rings. The van der Waals surface area contributed by atoms with Gasteiger partial charge in [-0.2, -0.15) is 158 Å². The third kappa shape index (κ3) is 7.68. The molecule has 65 heavy (non-hydrogen) atoms. The summed E-state index contributed by atoms with van der Waals surface area (Å²) in [5, 5.41) is 0. The van der Waals surface area contributed by atoms with Gasteiger partial charge in [-0.1, -0.05) is 0 Å². The number of benzene rings is 1. The average molecular weight is 1050 g/mol. The molecule has 0 saturated carbocycles. The van der Waals surface area contributed by atoms with Crippen LogP contribution >= 0.6 is 0 Å². The SMILES string of the molecule is Cc1c(OC(F)=C(F)C(F)(F)C(F)(F)C(F)(F)C(F)(F)C(F)(F)C(F)(F)C(F)(F)F)cc(N)c(N)c1OC(F)(F)C(F)(F)C(F)(F)C(F)(F)C(F)(F)C(F)(F)C(F)(F)C(F)(F)C(F)(F)F. The fraction of sp³-hybridized carbons (Fsp3) is 0.680. The Balaban J connectivity index is 3.97. The van der Waals surface area contributed by atoms with E-state index < -0.39 is 149 Å². The Morgan fingerprint density at radius 2 is 0.662 bits per heavy atom. The molecule has 0 radical (unpaired) electrons. The highest BCUT2D eigenvalue weighted by atomic mass is 19.4. The van der Waals surface area contributed by atoms with Gasteiger partial charge in [0.1, 0.15) is 5.75 Å². The molecule has 4 nitrogen and oxygen atoms in total. The molecule has 1 aromatic rings. The van der Waals surface area contributed by atoms with Gasteiger partial charge < -0.3 is 20.9 Å². The zero-order chi connectivity index (χ0) is 53.2. The van der Waals surface area contributed by atoms with Crippen LogP contribution in [0.5, 0.6) is 11.5 Å². The van der Waals surface area contributed by atoms with E-state index >= 15 is 0 Å². The molecular formula is C25H8F36N2O2. The molecule has 0 aliphatic carbocycles. The Bertz CT molecular complexity index is 1970. The number of nitrogen functional groups attached to an aromatic ring is 2. The molecule has 0 aromatic heterocycles. The van der Waals surface area contributed by atoms with Gasteiger partial charge in [-0.15, -0.1) is 0 Å². The summed E-state index contributed by atoms with van der Waals surface area (Å²) in [5.41, 5.74) is 3.06. The summed E-state index contributed by atoms with van der Waals surface area (Å²) in [6, 6.07) is -5.12. The van der Waals surface area contributed by atoms with Crippen molar-refractivity contribution in [3.8, 4) is 11.5 Å². The number of rotatable bonds is 17. The average Bonchev–Trinajstić information content (AvgIpc) is 3.09. The maximum Gasteiger partial charge on any atom is 0.471 e. The van der Waals surface area contributed by atoms with E-state index in [1.165, 1.54) is 0 Å². The van der Waals surface area contributed by atoms with Gasteiger partial charge in [0.05, 0.1) is 11.4 Å². The highest BCUT2D eigenvalue weighted by Gasteiger charge is 2.98. The van der Waals surface area contributed by atoms with E-state index in [0.717, 1.165) is 0 Å². The van der Waals surface area contributed by atoms with Crippen LogP contribution in [0, 0.1) is 6.92 Å². The third-order valence-electron chi connectivity index (χ3n) is 7.85. The first-order chi connectivity index (χ1) is 27.7. The monoisotopic (exact) mass is 1050 g/mol. The van der Waals surface area contributed by atoms with E-state index in [1.54, 1.807) is 0 Å². The highest BCUT2D eigenvalue weighted by molar-refractivity contribution is 5.76. The van der Waals surface area contributed by atoms with Crippen molar-refractivity contribution in [1.29, 1.82) is 0 Å². The maximum atomic E-state index is 14.5. The van der Waals surface area contributed by atoms with Crippen LogP contribution in [0.4, 0.5) is 169 Å². The molecule has 1 aromatic carbocycles. The first-order valence-corrected chi connectivity index (χ1v) is 14.3. The molecule has 1 rings (SSSR count). The predicted octanol–water partition coefficient (Wildman–Crippen LogP) is 13.0. The number of alkyl halides is 34. The minimum Gasteiger partial charge on any atom is -0.429 e. The van der Waals surface area contributed by atoms with Gasteiger partial charge in [-0.05, 0) is 6.92 Å². The molecule has 382 valence electrons. The molecule has 40 heteroatoms. The number of hydrogen-bond acceptors (Lipinski definition) is 4. The Labute approximate surface area is 329 Å². The lowest BCUT2D eigenvalue weighted by molar-refractivity contribution is -0.476. The van der Waals surface area contributed by atoms with Crippen LogP contribution in [0.15, 0.2) is 17.9 Å². The number of nitrogens with two attached hydrogens (primary N) is 2. The first-order valence-electron chi connectivity index (χ1n) is 14.3. The van der Waals surface area contributed by atoms with E-state index in [2.05, 4.69) is 9.47 Å². The Morgan fingerprint density at radius 1 is 0.400 bits per heavy atom. The van der Waals surface area contributed by atoms with Crippen molar-refractivity contribution in [2.45, 2.75) is 102 Å². The Kier molecular flexibility index (Phi) is 13.8. The summed E-state index contributed by atoms with van der Waals surface area (Å²) in [7, 11) is 0. The minimum atomic E-state index is -9.48. The van der Waals surface area contributed by atoms with Gasteiger partial charge in [-0.25, -0.2) is 0 Å². The fourth-order valence-electron chi connectivity index (χ4n) is 3.92. The van der Waals surface area contributed by atoms with Gasteiger partial charge in [0.25, 0.3) is 0 Å². The summed E-state index contributed by atoms with van der Waals surface area (Å²) < 4.78 is 494. The van der Waals surface area contributed by atoms with E-state index in [-0.39, 0.29) is 0 Å².